The van der Waals surface area contributed by atoms with E-state index >= 15 is 0 Å². The number of rotatable bonds is 5. The Balaban J connectivity index is 3.09. The summed E-state index contributed by atoms with van der Waals surface area (Å²) in [5.74, 6) is -0.371. The summed E-state index contributed by atoms with van der Waals surface area (Å²) in [5, 5.41) is 11.7. The first-order valence-electron chi connectivity index (χ1n) is 6.02. The number of aliphatic hydroxyl groups is 1. The van der Waals surface area contributed by atoms with Crippen molar-refractivity contribution in [2.24, 2.45) is 0 Å². The molecule has 1 amide bonds. The fourth-order valence-corrected chi connectivity index (χ4v) is 2.26. The molecule has 0 spiro atoms. The Bertz CT molecular complexity index is 562. The van der Waals surface area contributed by atoms with Crippen molar-refractivity contribution in [3.8, 4) is 0 Å². The number of sulfone groups is 1. The van der Waals surface area contributed by atoms with Gasteiger partial charge in [0.1, 0.15) is 0 Å². The molecular formula is C13H19NO4S. The molecule has 1 unspecified atom stereocenters. The summed E-state index contributed by atoms with van der Waals surface area (Å²) in [6.45, 7) is 3.44. The Labute approximate surface area is 113 Å². The average Bonchev–Trinajstić information content (AvgIpc) is 2.34. The second-order valence-electron chi connectivity index (χ2n) is 4.51. The fraction of sp³-hybridized carbons (Fsp3) is 0.462. The van der Waals surface area contributed by atoms with Crippen LogP contribution in [0.2, 0.25) is 0 Å². The van der Waals surface area contributed by atoms with Crippen LogP contribution in [0.15, 0.2) is 23.1 Å². The highest BCUT2D eigenvalue weighted by Crippen LogP contribution is 2.15. The van der Waals surface area contributed by atoms with Crippen LogP contribution < -0.4 is 5.32 Å². The summed E-state index contributed by atoms with van der Waals surface area (Å²) in [6.07, 6.45) is 1.70. The molecule has 5 nitrogen and oxygen atoms in total. The normalized spacial score (nSPS) is 13.1. The zero-order chi connectivity index (χ0) is 14.6. The van der Waals surface area contributed by atoms with Crippen LogP contribution in [0.5, 0.6) is 0 Å². The molecule has 1 rings (SSSR count). The van der Waals surface area contributed by atoms with Crippen molar-refractivity contribution in [1.29, 1.82) is 0 Å². The van der Waals surface area contributed by atoms with Gasteiger partial charge in [0.15, 0.2) is 9.84 Å². The summed E-state index contributed by atoms with van der Waals surface area (Å²) in [6, 6.07) is 4.12. The van der Waals surface area contributed by atoms with Gasteiger partial charge in [0.25, 0.3) is 5.91 Å². The Kier molecular flexibility index (Phi) is 5.08. The zero-order valence-corrected chi connectivity index (χ0v) is 12.1. The average molecular weight is 285 g/mol. The number of carbonyl (C=O) groups excluding carboxylic acids is 1. The zero-order valence-electron chi connectivity index (χ0n) is 11.3. The summed E-state index contributed by atoms with van der Waals surface area (Å²) in [7, 11) is -3.34. The number of hydrogen-bond donors (Lipinski definition) is 2. The van der Waals surface area contributed by atoms with Gasteiger partial charge in [0.2, 0.25) is 0 Å². The van der Waals surface area contributed by atoms with Gasteiger partial charge in [-0.1, -0.05) is 13.0 Å². The van der Waals surface area contributed by atoms with Crippen molar-refractivity contribution in [2.45, 2.75) is 31.2 Å². The van der Waals surface area contributed by atoms with Gasteiger partial charge in [-0.05, 0) is 31.0 Å². The maximum atomic E-state index is 12.1. The molecule has 19 heavy (non-hydrogen) atoms. The van der Waals surface area contributed by atoms with Crippen LogP contribution in [0.25, 0.3) is 0 Å². The Morgan fingerprint density at radius 1 is 1.42 bits per heavy atom. The van der Waals surface area contributed by atoms with E-state index in [9.17, 15) is 13.2 Å². The molecule has 2 N–H and O–H groups in total. The third-order valence-corrected chi connectivity index (χ3v) is 4.04. The van der Waals surface area contributed by atoms with Crippen molar-refractivity contribution in [1.82, 2.24) is 5.32 Å². The first-order chi connectivity index (χ1) is 8.79. The predicted octanol–water partition coefficient (Wildman–Crippen LogP) is 0.899. The molecule has 0 saturated carbocycles. The fourth-order valence-electron chi connectivity index (χ4n) is 1.62. The maximum Gasteiger partial charge on any atom is 0.251 e. The number of benzene rings is 1. The lowest BCUT2D eigenvalue weighted by Crippen LogP contribution is -2.37. The number of amides is 1. The highest BCUT2D eigenvalue weighted by molar-refractivity contribution is 7.90. The summed E-state index contributed by atoms with van der Waals surface area (Å²) >= 11 is 0. The Morgan fingerprint density at radius 3 is 2.53 bits per heavy atom. The van der Waals surface area contributed by atoms with Gasteiger partial charge in [-0.3, -0.25) is 4.79 Å². The SMILES string of the molecule is CCC(CO)NC(=O)c1cc(S(C)(=O)=O)ccc1C. The molecule has 0 bridgehead atoms. The van der Waals surface area contributed by atoms with Crippen LogP contribution in [0, 0.1) is 6.92 Å². The predicted molar refractivity (Wildman–Crippen MR) is 72.9 cm³/mol. The van der Waals surface area contributed by atoms with E-state index in [0.29, 0.717) is 17.5 Å². The first kappa shape index (κ1) is 15.7. The molecule has 0 radical (unpaired) electrons. The van der Waals surface area contributed by atoms with E-state index in [-0.39, 0.29) is 23.5 Å². The molecule has 0 aliphatic rings. The first-order valence-corrected chi connectivity index (χ1v) is 7.91. The topological polar surface area (TPSA) is 83.5 Å². The molecule has 1 aromatic carbocycles. The highest BCUT2D eigenvalue weighted by atomic mass is 32.2. The van der Waals surface area contributed by atoms with Crippen molar-refractivity contribution >= 4 is 15.7 Å². The molecule has 0 aliphatic heterocycles. The van der Waals surface area contributed by atoms with Gasteiger partial charge >= 0.3 is 0 Å². The van der Waals surface area contributed by atoms with Crippen LogP contribution in [0.1, 0.15) is 29.3 Å². The Morgan fingerprint density at radius 2 is 2.05 bits per heavy atom. The van der Waals surface area contributed by atoms with Crippen LogP contribution >= 0.6 is 0 Å². The minimum Gasteiger partial charge on any atom is -0.394 e. The van der Waals surface area contributed by atoms with Gasteiger partial charge in [-0.15, -0.1) is 0 Å². The number of aliphatic hydroxyl groups excluding tert-OH is 1. The molecule has 0 fully saturated rings. The minimum absolute atomic E-state index is 0.111. The minimum atomic E-state index is -3.34. The second-order valence-corrected chi connectivity index (χ2v) is 6.53. The van der Waals surface area contributed by atoms with E-state index in [2.05, 4.69) is 5.32 Å². The summed E-state index contributed by atoms with van der Waals surface area (Å²) in [5.41, 5.74) is 1.01. The molecule has 106 valence electrons. The number of aryl methyl sites for hydroxylation is 1. The molecular weight excluding hydrogens is 266 g/mol. The summed E-state index contributed by atoms with van der Waals surface area (Å²) < 4.78 is 23.0. The molecule has 0 aliphatic carbocycles. The Hall–Kier alpha value is -1.40. The van der Waals surface area contributed by atoms with E-state index in [1.807, 2.05) is 6.92 Å². The number of carbonyl (C=O) groups is 1. The van der Waals surface area contributed by atoms with E-state index in [4.69, 9.17) is 5.11 Å². The molecule has 6 heteroatoms. The van der Waals surface area contributed by atoms with Gasteiger partial charge in [-0.25, -0.2) is 8.42 Å². The smallest absolute Gasteiger partial charge is 0.251 e. The quantitative estimate of drug-likeness (QED) is 0.842. The van der Waals surface area contributed by atoms with Crippen LogP contribution in [0.4, 0.5) is 0 Å². The lowest BCUT2D eigenvalue weighted by Gasteiger charge is -2.15. The third kappa shape index (κ3) is 4.04. The largest absolute Gasteiger partial charge is 0.394 e. The van der Waals surface area contributed by atoms with E-state index in [1.165, 1.54) is 12.1 Å². The monoisotopic (exact) mass is 285 g/mol. The highest BCUT2D eigenvalue weighted by Gasteiger charge is 2.16. The van der Waals surface area contributed by atoms with Gasteiger partial charge in [0, 0.05) is 11.8 Å². The molecule has 0 aromatic heterocycles. The summed E-state index contributed by atoms with van der Waals surface area (Å²) in [4.78, 5) is 12.2. The van der Waals surface area contributed by atoms with E-state index in [1.54, 1.807) is 13.0 Å². The van der Waals surface area contributed by atoms with Crippen molar-refractivity contribution in [3.63, 3.8) is 0 Å². The van der Waals surface area contributed by atoms with Gasteiger partial charge in [-0.2, -0.15) is 0 Å². The van der Waals surface area contributed by atoms with Crippen molar-refractivity contribution in [2.75, 3.05) is 12.9 Å². The lowest BCUT2D eigenvalue weighted by molar-refractivity contribution is 0.0914. The van der Waals surface area contributed by atoms with E-state index in [0.717, 1.165) is 6.26 Å². The van der Waals surface area contributed by atoms with Crippen LogP contribution in [-0.4, -0.2) is 38.3 Å². The van der Waals surface area contributed by atoms with Crippen molar-refractivity contribution in [3.05, 3.63) is 29.3 Å². The second kappa shape index (κ2) is 6.16. The standard InChI is InChI=1S/C13H19NO4S/c1-4-10(8-15)14-13(16)12-7-11(19(3,17)18)6-5-9(12)2/h5-7,10,15H,4,8H2,1-3H3,(H,14,16). The maximum absolute atomic E-state index is 12.1. The van der Waals surface area contributed by atoms with E-state index < -0.39 is 9.84 Å². The van der Waals surface area contributed by atoms with Gasteiger partial charge < -0.3 is 10.4 Å². The lowest BCUT2D eigenvalue weighted by atomic mass is 10.1. The third-order valence-electron chi connectivity index (χ3n) is 2.93. The molecule has 0 saturated heterocycles. The van der Waals surface area contributed by atoms with Crippen LogP contribution in [0.3, 0.4) is 0 Å². The number of nitrogens with one attached hydrogen (secondary N) is 1. The molecule has 1 atom stereocenters. The van der Waals surface area contributed by atoms with Gasteiger partial charge in [0.05, 0.1) is 17.5 Å². The molecule has 1 aromatic rings. The molecule has 0 heterocycles. The van der Waals surface area contributed by atoms with Crippen LogP contribution in [-0.2, 0) is 9.84 Å². The number of hydrogen-bond acceptors (Lipinski definition) is 4. The van der Waals surface area contributed by atoms with Crippen molar-refractivity contribution < 1.29 is 18.3 Å².